The van der Waals surface area contributed by atoms with Gasteiger partial charge in [0.05, 0.1) is 10.7 Å². The van der Waals surface area contributed by atoms with Crippen molar-refractivity contribution in [3.8, 4) is 0 Å². The zero-order chi connectivity index (χ0) is 14.0. The van der Waals surface area contributed by atoms with Crippen molar-refractivity contribution in [3.05, 3.63) is 28.8 Å². The van der Waals surface area contributed by atoms with Gasteiger partial charge in [-0.05, 0) is 51.6 Å². The molecule has 3 N–H and O–H groups in total. The molecule has 0 radical (unpaired) electrons. The maximum Gasteiger partial charge on any atom is 0.104 e. The molecule has 0 saturated heterocycles. The van der Waals surface area contributed by atoms with E-state index in [1.54, 1.807) is 0 Å². The molecule has 0 atom stereocenters. The number of hydrogen-bond acceptors (Lipinski definition) is 3. The van der Waals surface area contributed by atoms with Crippen molar-refractivity contribution in [2.45, 2.75) is 24.8 Å². The van der Waals surface area contributed by atoms with E-state index >= 15 is 0 Å². The van der Waals surface area contributed by atoms with Gasteiger partial charge in [0, 0.05) is 17.6 Å². The lowest BCUT2D eigenvalue weighted by molar-refractivity contribution is 0.0739. The van der Waals surface area contributed by atoms with Crippen molar-refractivity contribution in [1.29, 1.82) is 0 Å². The van der Waals surface area contributed by atoms with Crippen molar-refractivity contribution in [3.63, 3.8) is 0 Å². The Morgan fingerprint density at radius 3 is 2.58 bits per heavy atom. The zero-order valence-electron chi connectivity index (χ0n) is 11.4. The number of nitrogens with zero attached hydrogens (tertiary/aromatic N) is 1. The van der Waals surface area contributed by atoms with Crippen molar-refractivity contribution < 1.29 is 0 Å². The number of benzene rings is 1. The van der Waals surface area contributed by atoms with Gasteiger partial charge in [0.15, 0.2) is 0 Å². The smallest absolute Gasteiger partial charge is 0.104 e. The molecule has 0 heterocycles. The molecule has 104 valence electrons. The van der Waals surface area contributed by atoms with Gasteiger partial charge in [-0.1, -0.05) is 23.8 Å². The summed E-state index contributed by atoms with van der Waals surface area (Å²) in [5, 5.41) is 4.11. The molecule has 1 fully saturated rings. The number of thiocarbonyl (C=S) groups is 1. The van der Waals surface area contributed by atoms with E-state index in [0.717, 1.165) is 17.8 Å². The van der Waals surface area contributed by atoms with Crippen LogP contribution in [0.5, 0.6) is 0 Å². The second-order valence-corrected chi connectivity index (χ2v) is 6.23. The van der Waals surface area contributed by atoms with Crippen LogP contribution in [-0.4, -0.2) is 36.1 Å². The molecule has 1 saturated carbocycles. The first-order valence-electron chi connectivity index (χ1n) is 6.45. The number of halogens is 1. The van der Waals surface area contributed by atoms with Crippen LogP contribution in [0.25, 0.3) is 0 Å². The number of nitrogens with two attached hydrogens (primary N) is 1. The monoisotopic (exact) mass is 297 g/mol. The maximum atomic E-state index is 6.25. The second kappa shape index (κ2) is 5.65. The highest BCUT2D eigenvalue weighted by Crippen LogP contribution is 2.36. The van der Waals surface area contributed by atoms with Crippen LogP contribution in [0.2, 0.25) is 5.02 Å². The number of rotatable bonds is 5. The molecule has 1 aliphatic carbocycles. The van der Waals surface area contributed by atoms with Crippen LogP contribution in [0.4, 0.5) is 5.69 Å². The molecule has 1 aromatic carbocycles. The highest BCUT2D eigenvalue weighted by atomic mass is 35.5. The van der Waals surface area contributed by atoms with E-state index < -0.39 is 0 Å². The summed E-state index contributed by atoms with van der Waals surface area (Å²) in [5.41, 5.74) is 7.60. The molecule has 5 heteroatoms. The fourth-order valence-corrected chi connectivity index (χ4v) is 2.81. The van der Waals surface area contributed by atoms with Crippen molar-refractivity contribution in [2.75, 3.05) is 26.0 Å². The van der Waals surface area contributed by atoms with Gasteiger partial charge < -0.3 is 16.0 Å². The van der Waals surface area contributed by atoms with Crippen LogP contribution in [0.3, 0.4) is 0 Å². The van der Waals surface area contributed by atoms with Crippen molar-refractivity contribution in [1.82, 2.24) is 4.90 Å². The summed E-state index contributed by atoms with van der Waals surface area (Å²) >= 11 is 11.2. The third-order valence-electron chi connectivity index (χ3n) is 4.09. The molecule has 0 bridgehead atoms. The number of likely N-dealkylation sites (N-methyl/N-ethyl adjacent to an activating group) is 1. The Morgan fingerprint density at radius 2 is 2.16 bits per heavy atom. The molecule has 2 rings (SSSR count). The molecule has 3 nitrogen and oxygen atoms in total. The minimum Gasteiger partial charge on any atom is -0.389 e. The van der Waals surface area contributed by atoms with Crippen LogP contribution < -0.4 is 11.1 Å². The number of anilines is 1. The Hall–Kier alpha value is -0.840. The predicted molar refractivity (Wildman–Crippen MR) is 86.1 cm³/mol. The fraction of sp³-hybridized carbons (Fsp3) is 0.500. The minimum atomic E-state index is 0.269. The van der Waals surface area contributed by atoms with Gasteiger partial charge in [0.2, 0.25) is 0 Å². The summed E-state index contributed by atoms with van der Waals surface area (Å²) in [5.74, 6) is 0. The molecule has 0 aromatic heterocycles. The van der Waals surface area contributed by atoms with E-state index in [-0.39, 0.29) is 5.54 Å². The van der Waals surface area contributed by atoms with Gasteiger partial charge >= 0.3 is 0 Å². The summed E-state index contributed by atoms with van der Waals surface area (Å²) in [7, 11) is 4.27. The molecule has 1 aromatic rings. The third-order valence-corrected chi connectivity index (χ3v) is 4.64. The molecule has 19 heavy (non-hydrogen) atoms. The topological polar surface area (TPSA) is 41.3 Å². The summed E-state index contributed by atoms with van der Waals surface area (Å²) in [6, 6.07) is 5.66. The average molecular weight is 298 g/mol. The van der Waals surface area contributed by atoms with Crippen LogP contribution in [0, 0.1) is 0 Å². The lowest BCUT2D eigenvalue weighted by Gasteiger charge is -2.47. The summed E-state index contributed by atoms with van der Waals surface area (Å²) in [6.45, 7) is 0.909. The SMILES string of the molecule is CN(C)C1(CNc2ccc(C(N)=S)cc2Cl)CCC1. The molecular weight excluding hydrogens is 278 g/mol. The van der Waals surface area contributed by atoms with Crippen LogP contribution in [0.1, 0.15) is 24.8 Å². The predicted octanol–water partition coefficient (Wildman–Crippen LogP) is 2.87. The van der Waals surface area contributed by atoms with E-state index in [9.17, 15) is 0 Å². The standard InChI is InChI=1S/C14H20ClN3S/c1-18(2)14(6-3-7-14)9-17-12-5-4-10(13(16)19)8-11(12)15/h4-5,8,17H,3,6-7,9H2,1-2H3,(H2,16,19). The van der Waals surface area contributed by atoms with Gasteiger partial charge in [-0.15, -0.1) is 0 Å². The molecular formula is C14H20ClN3S. The van der Waals surface area contributed by atoms with Crippen LogP contribution in [0.15, 0.2) is 18.2 Å². The van der Waals surface area contributed by atoms with Crippen LogP contribution >= 0.6 is 23.8 Å². The van der Waals surface area contributed by atoms with E-state index in [0.29, 0.717) is 10.0 Å². The third kappa shape index (κ3) is 3.02. The van der Waals surface area contributed by atoms with Gasteiger partial charge in [-0.3, -0.25) is 0 Å². The normalized spacial score (nSPS) is 17.1. The Morgan fingerprint density at radius 1 is 1.47 bits per heavy atom. The van der Waals surface area contributed by atoms with E-state index in [2.05, 4.69) is 24.3 Å². The molecule has 0 unspecified atom stereocenters. The van der Waals surface area contributed by atoms with Gasteiger partial charge in [0.25, 0.3) is 0 Å². The average Bonchev–Trinajstić information content (AvgIpc) is 2.28. The van der Waals surface area contributed by atoms with E-state index in [1.165, 1.54) is 19.3 Å². The first-order chi connectivity index (χ1) is 8.94. The van der Waals surface area contributed by atoms with Crippen molar-refractivity contribution >= 4 is 34.5 Å². The molecule has 1 aliphatic rings. The quantitative estimate of drug-likeness (QED) is 0.820. The largest absolute Gasteiger partial charge is 0.389 e. The first kappa shape index (κ1) is 14.6. The fourth-order valence-electron chi connectivity index (χ4n) is 2.44. The zero-order valence-corrected chi connectivity index (χ0v) is 12.9. The minimum absolute atomic E-state index is 0.269. The van der Waals surface area contributed by atoms with Gasteiger partial charge in [-0.25, -0.2) is 0 Å². The van der Waals surface area contributed by atoms with Gasteiger partial charge in [-0.2, -0.15) is 0 Å². The van der Waals surface area contributed by atoms with E-state index in [4.69, 9.17) is 29.6 Å². The molecule has 0 amide bonds. The number of hydrogen-bond donors (Lipinski definition) is 2. The molecule has 0 spiro atoms. The second-order valence-electron chi connectivity index (χ2n) is 5.38. The van der Waals surface area contributed by atoms with Crippen molar-refractivity contribution in [2.24, 2.45) is 5.73 Å². The maximum absolute atomic E-state index is 6.25. The summed E-state index contributed by atoms with van der Waals surface area (Å²) in [4.78, 5) is 2.68. The van der Waals surface area contributed by atoms with Crippen LogP contribution in [-0.2, 0) is 0 Å². The summed E-state index contributed by atoms with van der Waals surface area (Å²) < 4.78 is 0. The Kier molecular flexibility index (Phi) is 4.33. The van der Waals surface area contributed by atoms with E-state index in [1.807, 2.05) is 18.2 Å². The lowest BCUT2D eigenvalue weighted by atomic mass is 9.75. The summed E-state index contributed by atoms with van der Waals surface area (Å²) in [6.07, 6.45) is 3.76. The lowest BCUT2D eigenvalue weighted by Crippen LogP contribution is -2.54. The highest BCUT2D eigenvalue weighted by Gasteiger charge is 2.38. The number of nitrogens with one attached hydrogen (secondary N) is 1. The molecule has 0 aliphatic heterocycles. The van der Waals surface area contributed by atoms with Gasteiger partial charge in [0.1, 0.15) is 4.99 Å². The Balaban J connectivity index is 2.06. The highest BCUT2D eigenvalue weighted by molar-refractivity contribution is 7.80. The Bertz CT molecular complexity index is 484. The Labute approximate surface area is 125 Å². The first-order valence-corrected chi connectivity index (χ1v) is 7.24.